The summed E-state index contributed by atoms with van der Waals surface area (Å²) in [6.07, 6.45) is 0.741. The van der Waals surface area contributed by atoms with Crippen LogP contribution in [0.25, 0.3) is 0 Å². The van der Waals surface area contributed by atoms with Gasteiger partial charge in [-0.25, -0.2) is 0 Å². The van der Waals surface area contributed by atoms with E-state index in [4.69, 9.17) is 10.00 Å². The Bertz CT molecular complexity index is 961. The highest BCUT2D eigenvalue weighted by Crippen LogP contribution is 2.22. The highest BCUT2D eigenvalue weighted by molar-refractivity contribution is 5.94. The number of benzene rings is 3. The summed E-state index contributed by atoms with van der Waals surface area (Å²) in [6.45, 7) is -0.0704. The molecule has 0 radical (unpaired) electrons. The lowest BCUT2D eigenvalue weighted by Gasteiger charge is -2.18. The molecule has 27 heavy (non-hydrogen) atoms. The standard InChI is InChI=1S/C23H20N2O2/c1-25(21-12-7-10-19(15-21)16-24)23(26)17-27-22-13-6-5-11-20(22)14-18-8-3-2-4-9-18/h2-13,15H,14,17H2,1H3. The number of rotatable bonds is 6. The molecule has 0 saturated heterocycles. The van der Waals surface area contributed by atoms with Crippen LogP contribution in [0.5, 0.6) is 5.75 Å². The number of carbonyl (C=O) groups is 1. The van der Waals surface area contributed by atoms with E-state index in [9.17, 15) is 4.79 Å². The van der Waals surface area contributed by atoms with Crippen LogP contribution < -0.4 is 9.64 Å². The van der Waals surface area contributed by atoms with Crippen molar-refractivity contribution in [3.05, 3.63) is 95.6 Å². The normalized spacial score (nSPS) is 10.1. The Balaban J connectivity index is 1.67. The average molecular weight is 356 g/mol. The Kier molecular flexibility index (Phi) is 5.86. The highest BCUT2D eigenvalue weighted by atomic mass is 16.5. The van der Waals surface area contributed by atoms with Crippen molar-refractivity contribution in [2.24, 2.45) is 0 Å². The zero-order chi connectivity index (χ0) is 19.1. The van der Waals surface area contributed by atoms with E-state index in [1.165, 1.54) is 10.5 Å². The van der Waals surface area contributed by atoms with Gasteiger partial charge in [-0.15, -0.1) is 0 Å². The number of carbonyl (C=O) groups excluding carboxylic acids is 1. The summed E-state index contributed by atoms with van der Waals surface area (Å²) in [5.74, 6) is 0.522. The van der Waals surface area contributed by atoms with Gasteiger partial charge in [0.15, 0.2) is 6.61 Å². The molecule has 3 aromatic rings. The van der Waals surface area contributed by atoms with E-state index in [2.05, 4.69) is 18.2 Å². The second-order valence-corrected chi connectivity index (χ2v) is 6.17. The van der Waals surface area contributed by atoms with E-state index >= 15 is 0 Å². The Hall–Kier alpha value is -3.58. The van der Waals surface area contributed by atoms with Gasteiger partial charge in [-0.05, 0) is 35.4 Å². The number of nitriles is 1. The SMILES string of the molecule is CN(C(=O)COc1ccccc1Cc1ccccc1)c1cccc(C#N)c1. The minimum atomic E-state index is -0.181. The first-order valence-electron chi connectivity index (χ1n) is 8.69. The van der Waals surface area contributed by atoms with Crippen LogP contribution in [0.3, 0.4) is 0 Å². The molecule has 0 heterocycles. The van der Waals surface area contributed by atoms with Crippen LogP contribution in [0.2, 0.25) is 0 Å². The topological polar surface area (TPSA) is 53.3 Å². The third kappa shape index (κ3) is 4.74. The molecule has 0 spiro atoms. The van der Waals surface area contributed by atoms with E-state index in [-0.39, 0.29) is 12.5 Å². The van der Waals surface area contributed by atoms with E-state index in [0.717, 1.165) is 12.0 Å². The molecule has 1 amide bonds. The van der Waals surface area contributed by atoms with Gasteiger partial charge >= 0.3 is 0 Å². The Morgan fingerprint density at radius 3 is 2.52 bits per heavy atom. The lowest BCUT2D eigenvalue weighted by atomic mass is 10.0. The van der Waals surface area contributed by atoms with Gasteiger partial charge in [0, 0.05) is 19.2 Å². The second kappa shape index (κ2) is 8.68. The Morgan fingerprint density at radius 1 is 1.00 bits per heavy atom. The second-order valence-electron chi connectivity index (χ2n) is 6.17. The predicted octanol–water partition coefficient (Wildman–Crippen LogP) is 4.19. The molecule has 0 aliphatic rings. The number of hydrogen-bond acceptors (Lipinski definition) is 3. The molecule has 0 aliphatic heterocycles. The molecular weight excluding hydrogens is 336 g/mol. The predicted molar refractivity (Wildman–Crippen MR) is 106 cm³/mol. The molecule has 0 saturated carbocycles. The van der Waals surface area contributed by atoms with Crippen molar-refractivity contribution < 1.29 is 9.53 Å². The molecule has 0 unspecified atom stereocenters. The van der Waals surface area contributed by atoms with Gasteiger partial charge in [-0.2, -0.15) is 5.26 Å². The van der Waals surface area contributed by atoms with Crippen molar-refractivity contribution in [3.63, 3.8) is 0 Å². The summed E-state index contributed by atoms with van der Waals surface area (Å²) in [7, 11) is 1.68. The van der Waals surface area contributed by atoms with E-state index in [1.807, 2.05) is 42.5 Å². The van der Waals surface area contributed by atoms with Gasteiger partial charge in [-0.1, -0.05) is 54.6 Å². The highest BCUT2D eigenvalue weighted by Gasteiger charge is 2.13. The number of para-hydroxylation sites is 1. The molecule has 0 aliphatic carbocycles. The molecule has 4 heteroatoms. The fourth-order valence-corrected chi connectivity index (χ4v) is 2.77. The molecular formula is C23H20N2O2. The number of ether oxygens (including phenoxy) is 1. The van der Waals surface area contributed by atoms with Crippen molar-refractivity contribution in [2.75, 3.05) is 18.6 Å². The summed E-state index contributed by atoms with van der Waals surface area (Å²) in [6, 6.07) is 26.9. The average Bonchev–Trinajstić information content (AvgIpc) is 2.73. The van der Waals surface area contributed by atoms with Crippen LogP contribution in [0.1, 0.15) is 16.7 Å². The smallest absolute Gasteiger partial charge is 0.264 e. The number of hydrogen-bond donors (Lipinski definition) is 0. The van der Waals surface area contributed by atoms with E-state index < -0.39 is 0 Å². The molecule has 3 rings (SSSR count). The van der Waals surface area contributed by atoms with Crippen LogP contribution >= 0.6 is 0 Å². The van der Waals surface area contributed by atoms with Crippen LogP contribution in [0.4, 0.5) is 5.69 Å². The maximum absolute atomic E-state index is 12.5. The maximum Gasteiger partial charge on any atom is 0.264 e. The molecule has 0 aromatic heterocycles. The molecule has 0 bridgehead atoms. The van der Waals surface area contributed by atoms with Crippen molar-refractivity contribution in [2.45, 2.75) is 6.42 Å². The van der Waals surface area contributed by atoms with Gasteiger partial charge in [0.1, 0.15) is 5.75 Å². The number of anilines is 1. The van der Waals surface area contributed by atoms with Crippen molar-refractivity contribution in [1.82, 2.24) is 0 Å². The fraction of sp³-hybridized carbons (Fsp3) is 0.130. The van der Waals surface area contributed by atoms with Gasteiger partial charge in [0.25, 0.3) is 5.91 Å². The first-order valence-corrected chi connectivity index (χ1v) is 8.69. The van der Waals surface area contributed by atoms with Crippen molar-refractivity contribution >= 4 is 11.6 Å². The lowest BCUT2D eigenvalue weighted by Crippen LogP contribution is -2.31. The van der Waals surface area contributed by atoms with Crippen molar-refractivity contribution in [1.29, 1.82) is 5.26 Å². The third-order valence-corrected chi connectivity index (χ3v) is 4.30. The zero-order valence-corrected chi connectivity index (χ0v) is 15.1. The van der Waals surface area contributed by atoms with E-state index in [0.29, 0.717) is 17.0 Å². The monoisotopic (exact) mass is 356 g/mol. The molecule has 0 N–H and O–H groups in total. The van der Waals surface area contributed by atoms with E-state index in [1.54, 1.807) is 31.3 Å². The van der Waals surface area contributed by atoms with Gasteiger partial charge < -0.3 is 9.64 Å². The maximum atomic E-state index is 12.5. The zero-order valence-electron chi connectivity index (χ0n) is 15.1. The quantitative estimate of drug-likeness (QED) is 0.665. The summed E-state index contributed by atoms with van der Waals surface area (Å²) in [5, 5.41) is 9.01. The van der Waals surface area contributed by atoms with Crippen molar-refractivity contribution in [3.8, 4) is 11.8 Å². The van der Waals surface area contributed by atoms with Crippen LogP contribution in [0.15, 0.2) is 78.9 Å². The lowest BCUT2D eigenvalue weighted by molar-refractivity contribution is -0.120. The summed E-state index contributed by atoms with van der Waals surface area (Å²) in [4.78, 5) is 14.0. The number of nitrogens with zero attached hydrogens (tertiary/aromatic N) is 2. The van der Waals surface area contributed by atoms with Crippen LogP contribution in [-0.2, 0) is 11.2 Å². The summed E-state index contributed by atoms with van der Waals surface area (Å²) < 4.78 is 5.81. The molecule has 0 atom stereocenters. The molecule has 0 fully saturated rings. The van der Waals surface area contributed by atoms with Crippen LogP contribution in [0, 0.1) is 11.3 Å². The Labute approximate surface area is 159 Å². The number of likely N-dealkylation sites (N-methyl/N-ethyl adjacent to an activating group) is 1. The minimum absolute atomic E-state index is 0.0704. The molecule has 4 nitrogen and oxygen atoms in total. The first-order chi connectivity index (χ1) is 13.2. The molecule has 3 aromatic carbocycles. The fourth-order valence-electron chi connectivity index (χ4n) is 2.77. The van der Waals surface area contributed by atoms with Gasteiger partial charge in [0.05, 0.1) is 11.6 Å². The largest absolute Gasteiger partial charge is 0.483 e. The minimum Gasteiger partial charge on any atom is -0.483 e. The van der Waals surface area contributed by atoms with Gasteiger partial charge in [0.2, 0.25) is 0 Å². The summed E-state index contributed by atoms with van der Waals surface area (Å²) in [5.41, 5.74) is 3.40. The number of amides is 1. The first kappa shape index (κ1) is 18.2. The molecule has 134 valence electrons. The third-order valence-electron chi connectivity index (χ3n) is 4.30. The van der Waals surface area contributed by atoms with Gasteiger partial charge in [-0.3, -0.25) is 4.79 Å². The van der Waals surface area contributed by atoms with Crippen LogP contribution in [-0.4, -0.2) is 19.6 Å². The summed E-state index contributed by atoms with van der Waals surface area (Å²) >= 11 is 0. The Morgan fingerprint density at radius 2 is 1.74 bits per heavy atom.